The highest BCUT2D eigenvalue weighted by Crippen LogP contribution is 2.03. The van der Waals surface area contributed by atoms with Gasteiger partial charge in [0.05, 0.1) is 0 Å². The van der Waals surface area contributed by atoms with Gasteiger partial charge in [0.15, 0.2) is 5.78 Å². The first-order valence-corrected chi connectivity index (χ1v) is 2.30. The average Bonchev–Trinajstić information content (AvgIpc) is 1.67. The number of carbonyl (C=O) groups is 1. The number of alkyl halides is 1. The Kier molecular flexibility index (Phi) is 2.10. The van der Waals surface area contributed by atoms with Crippen LogP contribution in [0.15, 0.2) is 0 Å². The molecule has 0 aromatic heterocycles. The average molecular weight is 120 g/mol. The van der Waals surface area contributed by atoms with Crippen molar-refractivity contribution in [2.75, 3.05) is 6.67 Å². The highest BCUT2D eigenvalue weighted by molar-refractivity contribution is 5.84. The summed E-state index contributed by atoms with van der Waals surface area (Å²) in [6.07, 6.45) is 0. The summed E-state index contributed by atoms with van der Waals surface area (Å²) in [5.41, 5.74) is -1.76. The van der Waals surface area contributed by atoms with Gasteiger partial charge in [0.25, 0.3) is 0 Å². The lowest BCUT2D eigenvalue weighted by atomic mass is 10.1. The lowest BCUT2D eigenvalue weighted by Crippen LogP contribution is -2.35. The van der Waals surface area contributed by atoms with Crippen molar-refractivity contribution in [3.05, 3.63) is 0 Å². The Labute approximate surface area is 47.3 Å². The van der Waals surface area contributed by atoms with Gasteiger partial charge in [0, 0.05) is 0 Å². The molecule has 0 rings (SSSR count). The third kappa shape index (κ3) is 1.58. The molecule has 1 atom stereocenters. The summed E-state index contributed by atoms with van der Waals surface area (Å²) in [5.74, 6) is -0.542. The van der Waals surface area contributed by atoms with E-state index in [9.17, 15) is 9.18 Å². The molecule has 8 heavy (non-hydrogen) atoms. The number of ketones is 1. The van der Waals surface area contributed by atoms with Gasteiger partial charge in [-0.3, -0.25) is 4.79 Å². The van der Waals surface area contributed by atoms with Crippen molar-refractivity contribution in [1.82, 2.24) is 0 Å². The summed E-state index contributed by atoms with van der Waals surface area (Å²) in [5, 5.41) is 8.68. The number of halogens is 1. The summed E-state index contributed by atoms with van der Waals surface area (Å²) in [7, 11) is 0. The molecule has 48 valence electrons. The SMILES string of the molecule is CC(=O)[C@@](C)(O)CF. The summed E-state index contributed by atoms with van der Waals surface area (Å²) in [6.45, 7) is 1.29. The van der Waals surface area contributed by atoms with Crippen LogP contribution in [-0.2, 0) is 4.79 Å². The minimum Gasteiger partial charge on any atom is -0.380 e. The number of hydrogen-bond acceptors (Lipinski definition) is 2. The topological polar surface area (TPSA) is 37.3 Å². The smallest absolute Gasteiger partial charge is 0.163 e. The van der Waals surface area contributed by atoms with Gasteiger partial charge in [0.2, 0.25) is 0 Å². The Morgan fingerprint density at radius 1 is 1.88 bits per heavy atom. The molecule has 0 fully saturated rings. The Hall–Kier alpha value is -0.440. The lowest BCUT2D eigenvalue weighted by molar-refractivity contribution is -0.134. The van der Waals surface area contributed by atoms with Crippen LogP contribution in [0.2, 0.25) is 0 Å². The van der Waals surface area contributed by atoms with E-state index in [4.69, 9.17) is 5.11 Å². The molecule has 0 bridgehead atoms. The molecule has 0 amide bonds. The highest BCUT2D eigenvalue weighted by Gasteiger charge is 2.25. The van der Waals surface area contributed by atoms with E-state index in [1.165, 1.54) is 0 Å². The minimum atomic E-state index is -1.76. The minimum absolute atomic E-state index is 0.542. The number of Topliss-reactive ketones (excluding diaryl/α,β-unsaturated/α-hetero) is 1. The van der Waals surface area contributed by atoms with Gasteiger partial charge in [-0.05, 0) is 13.8 Å². The maximum atomic E-state index is 11.6. The number of carbonyl (C=O) groups excluding carboxylic acids is 1. The van der Waals surface area contributed by atoms with Gasteiger partial charge in [0.1, 0.15) is 12.3 Å². The Bertz CT molecular complexity index is 98.6. The van der Waals surface area contributed by atoms with E-state index in [0.717, 1.165) is 13.8 Å². The van der Waals surface area contributed by atoms with Crippen molar-refractivity contribution >= 4 is 5.78 Å². The molecule has 0 aliphatic rings. The fraction of sp³-hybridized carbons (Fsp3) is 0.800. The van der Waals surface area contributed by atoms with E-state index in [2.05, 4.69) is 0 Å². The molecule has 0 heterocycles. The second-order valence-corrected chi connectivity index (χ2v) is 1.96. The monoisotopic (exact) mass is 120 g/mol. The molecule has 3 heteroatoms. The summed E-state index contributed by atoms with van der Waals surface area (Å²) < 4.78 is 11.6. The van der Waals surface area contributed by atoms with Gasteiger partial charge >= 0.3 is 0 Å². The van der Waals surface area contributed by atoms with Crippen LogP contribution in [0.5, 0.6) is 0 Å². The van der Waals surface area contributed by atoms with Crippen LogP contribution in [-0.4, -0.2) is 23.2 Å². The van der Waals surface area contributed by atoms with E-state index >= 15 is 0 Å². The van der Waals surface area contributed by atoms with Gasteiger partial charge < -0.3 is 5.11 Å². The van der Waals surface area contributed by atoms with Crippen molar-refractivity contribution in [2.24, 2.45) is 0 Å². The maximum absolute atomic E-state index is 11.6. The van der Waals surface area contributed by atoms with E-state index in [0.29, 0.717) is 0 Å². The fourth-order valence-electron chi connectivity index (χ4n) is 0.0941. The molecular weight excluding hydrogens is 111 g/mol. The first kappa shape index (κ1) is 7.56. The second-order valence-electron chi connectivity index (χ2n) is 1.96. The zero-order valence-corrected chi connectivity index (χ0v) is 4.94. The highest BCUT2D eigenvalue weighted by atomic mass is 19.1. The molecule has 0 aromatic carbocycles. The van der Waals surface area contributed by atoms with E-state index in [1.807, 2.05) is 0 Å². The molecule has 0 aliphatic heterocycles. The fourth-order valence-corrected chi connectivity index (χ4v) is 0.0941. The van der Waals surface area contributed by atoms with Crippen LogP contribution in [0.4, 0.5) is 4.39 Å². The first-order valence-electron chi connectivity index (χ1n) is 2.30. The zero-order valence-electron chi connectivity index (χ0n) is 4.94. The summed E-state index contributed by atoms with van der Waals surface area (Å²) >= 11 is 0. The van der Waals surface area contributed by atoms with Crippen LogP contribution < -0.4 is 0 Å². The van der Waals surface area contributed by atoms with Crippen molar-refractivity contribution < 1.29 is 14.3 Å². The summed E-state index contributed by atoms with van der Waals surface area (Å²) in [4.78, 5) is 10.2. The predicted octanol–water partition coefficient (Wildman–Crippen LogP) is 0.296. The van der Waals surface area contributed by atoms with E-state index < -0.39 is 18.1 Å². The van der Waals surface area contributed by atoms with Crippen molar-refractivity contribution in [3.63, 3.8) is 0 Å². The third-order valence-corrected chi connectivity index (χ3v) is 1.02. The van der Waals surface area contributed by atoms with Crippen LogP contribution >= 0.6 is 0 Å². The Balaban J connectivity index is 3.91. The molecule has 0 spiro atoms. The predicted molar refractivity (Wildman–Crippen MR) is 27.3 cm³/mol. The molecule has 0 saturated carbocycles. The van der Waals surface area contributed by atoms with Gasteiger partial charge in [-0.1, -0.05) is 0 Å². The molecular formula is C5H9FO2. The molecule has 2 nitrogen and oxygen atoms in total. The Morgan fingerprint density at radius 2 is 2.25 bits per heavy atom. The number of hydrogen-bond donors (Lipinski definition) is 1. The molecule has 0 unspecified atom stereocenters. The molecule has 0 aliphatic carbocycles. The normalized spacial score (nSPS) is 17.5. The molecule has 0 saturated heterocycles. The Morgan fingerprint density at radius 3 is 2.25 bits per heavy atom. The largest absolute Gasteiger partial charge is 0.380 e. The van der Waals surface area contributed by atoms with E-state index in [-0.39, 0.29) is 0 Å². The second kappa shape index (κ2) is 2.22. The quantitative estimate of drug-likeness (QED) is 0.569. The van der Waals surface area contributed by atoms with Crippen molar-refractivity contribution in [1.29, 1.82) is 0 Å². The lowest BCUT2D eigenvalue weighted by Gasteiger charge is -2.13. The van der Waals surface area contributed by atoms with Crippen LogP contribution in [0.3, 0.4) is 0 Å². The van der Waals surface area contributed by atoms with Crippen molar-refractivity contribution in [2.45, 2.75) is 19.4 Å². The van der Waals surface area contributed by atoms with Crippen LogP contribution in [0, 0.1) is 0 Å². The van der Waals surface area contributed by atoms with Crippen LogP contribution in [0.25, 0.3) is 0 Å². The molecule has 1 N–H and O–H groups in total. The van der Waals surface area contributed by atoms with Gasteiger partial charge in [-0.15, -0.1) is 0 Å². The molecule has 0 aromatic rings. The maximum Gasteiger partial charge on any atom is 0.163 e. The van der Waals surface area contributed by atoms with Crippen LogP contribution in [0.1, 0.15) is 13.8 Å². The number of aliphatic hydroxyl groups is 1. The number of rotatable bonds is 2. The van der Waals surface area contributed by atoms with Gasteiger partial charge in [-0.2, -0.15) is 0 Å². The van der Waals surface area contributed by atoms with Crippen molar-refractivity contribution in [3.8, 4) is 0 Å². The third-order valence-electron chi connectivity index (χ3n) is 1.02. The summed E-state index contributed by atoms with van der Waals surface area (Å²) in [6, 6.07) is 0. The molecule has 0 radical (unpaired) electrons. The zero-order chi connectivity index (χ0) is 6.78. The standard InChI is InChI=1S/C5H9FO2/c1-4(7)5(2,8)3-6/h8H,3H2,1-2H3/t5-/m0/s1. The first-order chi connectivity index (χ1) is 3.50. The van der Waals surface area contributed by atoms with E-state index in [1.54, 1.807) is 0 Å². The van der Waals surface area contributed by atoms with Gasteiger partial charge in [-0.25, -0.2) is 4.39 Å².